The molecule has 0 spiro atoms. The van der Waals surface area contributed by atoms with Gasteiger partial charge in [0.2, 0.25) is 0 Å². The maximum absolute atomic E-state index is 5.18. The minimum atomic E-state index is 0.662. The van der Waals surface area contributed by atoms with E-state index >= 15 is 0 Å². The normalized spacial score (nSPS) is 29.5. The van der Waals surface area contributed by atoms with Crippen molar-refractivity contribution in [1.29, 1.82) is 0 Å². The highest BCUT2D eigenvalue weighted by Gasteiger charge is 2.24. The second kappa shape index (κ2) is 5.21. The van der Waals surface area contributed by atoms with Gasteiger partial charge >= 0.3 is 0 Å². The van der Waals surface area contributed by atoms with Gasteiger partial charge in [0.25, 0.3) is 0 Å². The van der Waals surface area contributed by atoms with E-state index in [4.69, 9.17) is 4.52 Å². The Morgan fingerprint density at radius 3 is 2.59 bits per heavy atom. The Hall–Kier alpha value is -0.830. The molecule has 96 valence electrons. The third kappa shape index (κ3) is 2.89. The Balaban J connectivity index is 1.87. The SMILES string of the molecule is Cc1noc(C)c1CNC1CCC(C)C(C)C1. The van der Waals surface area contributed by atoms with Crippen LogP contribution in [0, 0.1) is 25.7 Å². The van der Waals surface area contributed by atoms with Crippen LogP contribution in [0.1, 0.15) is 50.1 Å². The van der Waals surface area contributed by atoms with Gasteiger partial charge in [-0.2, -0.15) is 0 Å². The summed E-state index contributed by atoms with van der Waals surface area (Å²) in [5.41, 5.74) is 2.25. The van der Waals surface area contributed by atoms with Crippen LogP contribution in [0.2, 0.25) is 0 Å². The number of nitrogens with zero attached hydrogens (tertiary/aromatic N) is 1. The van der Waals surface area contributed by atoms with Crippen molar-refractivity contribution in [1.82, 2.24) is 10.5 Å². The predicted molar refractivity (Wildman–Crippen MR) is 68.8 cm³/mol. The van der Waals surface area contributed by atoms with Gasteiger partial charge < -0.3 is 9.84 Å². The first-order valence-corrected chi connectivity index (χ1v) is 6.73. The van der Waals surface area contributed by atoms with Crippen molar-refractivity contribution in [3.8, 4) is 0 Å². The molecule has 1 aliphatic carbocycles. The zero-order valence-corrected chi connectivity index (χ0v) is 11.4. The van der Waals surface area contributed by atoms with Crippen molar-refractivity contribution in [2.75, 3.05) is 0 Å². The van der Waals surface area contributed by atoms with Crippen molar-refractivity contribution in [2.45, 2.75) is 59.5 Å². The van der Waals surface area contributed by atoms with Gasteiger partial charge in [-0.15, -0.1) is 0 Å². The molecule has 1 aromatic heterocycles. The van der Waals surface area contributed by atoms with Crippen LogP contribution in [0.4, 0.5) is 0 Å². The molecule has 1 aliphatic rings. The number of aromatic nitrogens is 1. The first-order valence-electron chi connectivity index (χ1n) is 6.73. The summed E-state index contributed by atoms with van der Waals surface area (Å²) < 4.78 is 5.18. The van der Waals surface area contributed by atoms with E-state index in [0.29, 0.717) is 6.04 Å². The zero-order chi connectivity index (χ0) is 12.4. The van der Waals surface area contributed by atoms with E-state index in [-0.39, 0.29) is 0 Å². The van der Waals surface area contributed by atoms with Crippen LogP contribution in [0.3, 0.4) is 0 Å². The predicted octanol–water partition coefficient (Wildman–Crippen LogP) is 3.21. The zero-order valence-electron chi connectivity index (χ0n) is 11.4. The second-order valence-electron chi connectivity index (χ2n) is 5.65. The van der Waals surface area contributed by atoms with Crippen LogP contribution in [-0.2, 0) is 6.54 Å². The lowest BCUT2D eigenvalue weighted by Gasteiger charge is -2.32. The highest BCUT2D eigenvalue weighted by atomic mass is 16.5. The van der Waals surface area contributed by atoms with Crippen LogP contribution in [-0.4, -0.2) is 11.2 Å². The number of hydrogen-bond acceptors (Lipinski definition) is 3. The second-order valence-corrected chi connectivity index (χ2v) is 5.65. The lowest BCUT2D eigenvalue weighted by Crippen LogP contribution is -2.35. The van der Waals surface area contributed by atoms with Crippen LogP contribution >= 0.6 is 0 Å². The number of rotatable bonds is 3. The minimum Gasteiger partial charge on any atom is -0.361 e. The molecule has 0 saturated heterocycles. The maximum Gasteiger partial charge on any atom is 0.138 e. The van der Waals surface area contributed by atoms with Crippen molar-refractivity contribution in [3.63, 3.8) is 0 Å². The first kappa shape index (κ1) is 12.6. The molecular formula is C14H24N2O. The molecule has 0 amide bonds. The molecule has 3 unspecified atom stereocenters. The number of nitrogens with one attached hydrogen (secondary N) is 1. The van der Waals surface area contributed by atoms with Gasteiger partial charge in [-0.1, -0.05) is 19.0 Å². The molecule has 0 aromatic carbocycles. The lowest BCUT2D eigenvalue weighted by molar-refractivity contribution is 0.225. The van der Waals surface area contributed by atoms with Gasteiger partial charge in [0, 0.05) is 18.2 Å². The third-order valence-electron chi connectivity index (χ3n) is 4.35. The molecule has 2 rings (SSSR count). The van der Waals surface area contributed by atoms with E-state index in [9.17, 15) is 0 Å². The molecule has 3 atom stereocenters. The Labute approximate surface area is 104 Å². The van der Waals surface area contributed by atoms with E-state index in [1.165, 1.54) is 24.8 Å². The smallest absolute Gasteiger partial charge is 0.138 e. The van der Waals surface area contributed by atoms with Gasteiger partial charge in [-0.25, -0.2) is 0 Å². The van der Waals surface area contributed by atoms with Crippen LogP contribution in [0.15, 0.2) is 4.52 Å². The highest BCUT2D eigenvalue weighted by Crippen LogP contribution is 2.29. The summed E-state index contributed by atoms with van der Waals surface area (Å²) in [6.45, 7) is 9.64. The summed E-state index contributed by atoms with van der Waals surface area (Å²) in [6, 6.07) is 0.662. The quantitative estimate of drug-likeness (QED) is 0.875. The van der Waals surface area contributed by atoms with Gasteiger partial charge in [-0.05, 0) is 44.9 Å². The summed E-state index contributed by atoms with van der Waals surface area (Å²) >= 11 is 0. The Bertz CT molecular complexity index is 353. The molecule has 3 nitrogen and oxygen atoms in total. The van der Waals surface area contributed by atoms with Crippen LogP contribution in [0.5, 0.6) is 0 Å². The maximum atomic E-state index is 5.18. The van der Waals surface area contributed by atoms with Crippen molar-refractivity contribution in [3.05, 3.63) is 17.0 Å². The first-order chi connectivity index (χ1) is 8.08. The summed E-state index contributed by atoms with van der Waals surface area (Å²) in [4.78, 5) is 0. The monoisotopic (exact) mass is 236 g/mol. The fourth-order valence-electron chi connectivity index (χ4n) is 2.73. The average molecular weight is 236 g/mol. The lowest BCUT2D eigenvalue weighted by atomic mass is 9.79. The number of aryl methyl sites for hydroxylation is 2. The molecule has 0 bridgehead atoms. The Kier molecular flexibility index (Phi) is 3.87. The molecular weight excluding hydrogens is 212 g/mol. The topological polar surface area (TPSA) is 38.1 Å². The third-order valence-corrected chi connectivity index (χ3v) is 4.35. The van der Waals surface area contributed by atoms with E-state index in [2.05, 4.69) is 24.3 Å². The molecule has 1 aromatic rings. The molecule has 17 heavy (non-hydrogen) atoms. The van der Waals surface area contributed by atoms with E-state index in [1.54, 1.807) is 0 Å². The van der Waals surface area contributed by atoms with Gasteiger partial charge in [0.1, 0.15) is 5.76 Å². The molecule has 0 aliphatic heterocycles. The summed E-state index contributed by atoms with van der Waals surface area (Å²) in [5.74, 6) is 2.67. The largest absolute Gasteiger partial charge is 0.361 e. The van der Waals surface area contributed by atoms with Crippen LogP contribution < -0.4 is 5.32 Å². The van der Waals surface area contributed by atoms with Gasteiger partial charge in [0.15, 0.2) is 0 Å². The fraction of sp³-hybridized carbons (Fsp3) is 0.786. The molecule has 3 heteroatoms. The summed E-state index contributed by atoms with van der Waals surface area (Å²) in [5, 5.41) is 7.65. The standard InChI is InChI=1S/C14H24N2O/c1-9-5-6-13(7-10(9)2)15-8-14-11(3)16-17-12(14)4/h9-10,13,15H,5-8H2,1-4H3. The van der Waals surface area contributed by atoms with Crippen molar-refractivity contribution >= 4 is 0 Å². The molecule has 1 heterocycles. The molecule has 1 saturated carbocycles. The van der Waals surface area contributed by atoms with E-state index in [1.807, 2.05) is 13.8 Å². The van der Waals surface area contributed by atoms with E-state index < -0.39 is 0 Å². The van der Waals surface area contributed by atoms with Gasteiger partial charge in [0.05, 0.1) is 5.69 Å². The minimum absolute atomic E-state index is 0.662. The Morgan fingerprint density at radius 1 is 1.24 bits per heavy atom. The van der Waals surface area contributed by atoms with Crippen molar-refractivity contribution < 1.29 is 4.52 Å². The summed E-state index contributed by atoms with van der Waals surface area (Å²) in [7, 11) is 0. The molecule has 1 fully saturated rings. The molecule has 1 N–H and O–H groups in total. The van der Waals surface area contributed by atoms with Crippen molar-refractivity contribution in [2.24, 2.45) is 11.8 Å². The van der Waals surface area contributed by atoms with E-state index in [0.717, 1.165) is 29.8 Å². The van der Waals surface area contributed by atoms with Crippen LogP contribution in [0.25, 0.3) is 0 Å². The number of hydrogen-bond donors (Lipinski definition) is 1. The average Bonchev–Trinajstić information content (AvgIpc) is 2.61. The highest BCUT2D eigenvalue weighted by molar-refractivity contribution is 5.20. The fourth-order valence-corrected chi connectivity index (χ4v) is 2.73. The summed E-state index contributed by atoms with van der Waals surface area (Å²) in [6.07, 6.45) is 3.94. The Morgan fingerprint density at radius 2 is 2.00 bits per heavy atom. The molecule has 0 radical (unpaired) electrons. The van der Waals surface area contributed by atoms with Gasteiger partial charge in [-0.3, -0.25) is 0 Å².